The van der Waals surface area contributed by atoms with E-state index in [1.807, 2.05) is 0 Å². The number of nitrogens with zero attached hydrogens (tertiary/aromatic N) is 1. The zero-order valence-corrected chi connectivity index (χ0v) is 19.5. The van der Waals surface area contributed by atoms with Crippen molar-refractivity contribution in [2.75, 3.05) is 46.6 Å². The van der Waals surface area contributed by atoms with Gasteiger partial charge in [-0.1, -0.05) is 12.1 Å². The number of guanidine groups is 1. The van der Waals surface area contributed by atoms with Crippen molar-refractivity contribution in [3.05, 3.63) is 29.8 Å². The highest BCUT2D eigenvalue weighted by Gasteiger charge is 2.30. The standard InChI is InChI=1S/C20H30F3N3O3.HI/c1-24-19(25-10-2-12-28-15-17-8-13-27-14-9-17)26-11-7-16-3-5-18(6-4-16)29-20(21,22)23;/h3-6,17H,2,7-15H2,1H3,(H2,24,25,26);1H. The Hall–Kier alpha value is -1.27. The Labute approximate surface area is 193 Å². The van der Waals surface area contributed by atoms with Crippen LogP contribution < -0.4 is 15.4 Å². The molecule has 1 saturated heterocycles. The Balaban J connectivity index is 0.00000450. The molecule has 0 aromatic heterocycles. The van der Waals surface area contributed by atoms with Gasteiger partial charge in [-0.2, -0.15) is 0 Å². The largest absolute Gasteiger partial charge is 0.573 e. The molecule has 0 unspecified atom stereocenters. The topological polar surface area (TPSA) is 64.1 Å². The van der Waals surface area contributed by atoms with Crippen LogP contribution in [0.15, 0.2) is 29.3 Å². The lowest BCUT2D eigenvalue weighted by Crippen LogP contribution is -2.39. The van der Waals surface area contributed by atoms with Crippen LogP contribution in [0.3, 0.4) is 0 Å². The van der Waals surface area contributed by atoms with Crippen LogP contribution in [0.4, 0.5) is 13.2 Å². The number of aliphatic imine (C=N–C) groups is 1. The highest BCUT2D eigenvalue weighted by molar-refractivity contribution is 14.0. The summed E-state index contributed by atoms with van der Waals surface area (Å²) in [5.41, 5.74) is 0.906. The zero-order valence-electron chi connectivity index (χ0n) is 17.2. The van der Waals surface area contributed by atoms with Gasteiger partial charge in [-0.25, -0.2) is 0 Å². The van der Waals surface area contributed by atoms with Gasteiger partial charge in [-0.3, -0.25) is 4.99 Å². The first-order valence-electron chi connectivity index (χ1n) is 9.91. The molecule has 2 N–H and O–H groups in total. The number of benzene rings is 1. The van der Waals surface area contributed by atoms with Crippen LogP contribution in [0.5, 0.6) is 5.75 Å². The molecule has 1 heterocycles. The summed E-state index contributed by atoms with van der Waals surface area (Å²) in [4.78, 5) is 4.16. The van der Waals surface area contributed by atoms with Crippen molar-refractivity contribution in [3.63, 3.8) is 0 Å². The molecular weight excluding hydrogens is 514 g/mol. The molecule has 2 rings (SSSR count). The second-order valence-electron chi connectivity index (χ2n) is 6.85. The summed E-state index contributed by atoms with van der Waals surface area (Å²) in [6.07, 6.45) is -0.983. The Morgan fingerprint density at radius 1 is 1.13 bits per heavy atom. The van der Waals surface area contributed by atoms with Gasteiger partial charge in [0.05, 0.1) is 0 Å². The normalized spacial score (nSPS) is 15.4. The molecule has 1 aliphatic heterocycles. The number of nitrogens with one attached hydrogen (secondary N) is 2. The van der Waals surface area contributed by atoms with Crippen molar-refractivity contribution in [1.29, 1.82) is 0 Å². The lowest BCUT2D eigenvalue weighted by molar-refractivity contribution is -0.274. The Morgan fingerprint density at radius 3 is 2.43 bits per heavy atom. The van der Waals surface area contributed by atoms with E-state index in [4.69, 9.17) is 9.47 Å². The van der Waals surface area contributed by atoms with E-state index in [2.05, 4.69) is 20.4 Å². The summed E-state index contributed by atoms with van der Waals surface area (Å²) in [5.74, 6) is 1.08. The van der Waals surface area contributed by atoms with Gasteiger partial charge in [-0.15, -0.1) is 37.1 Å². The quantitative estimate of drug-likeness (QED) is 0.203. The Bertz CT molecular complexity index is 610. The van der Waals surface area contributed by atoms with Crippen LogP contribution in [0.2, 0.25) is 0 Å². The smallest absolute Gasteiger partial charge is 0.406 e. The molecule has 6 nitrogen and oxygen atoms in total. The van der Waals surface area contributed by atoms with Crippen molar-refractivity contribution >= 4 is 29.9 Å². The zero-order chi connectivity index (χ0) is 21.0. The van der Waals surface area contributed by atoms with Gasteiger partial charge in [0, 0.05) is 46.6 Å². The molecule has 0 radical (unpaired) electrons. The summed E-state index contributed by atoms with van der Waals surface area (Å²) < 4.78 is 51.4. The molecule has 0 saturated carbocycles. The molecule has 10 heteroatoms. The van der Waals surface area contributed by atoms with Crippen molar-refractivity contribution < 1.29 is 27.4 Å². The number of halogens is 4. The highest BCUT2D eigenvalue weighted by Crippen LogP contribution is 2.22. The highest BCUT2D eigenvalue weighted by atomic mass is 127. The first-order valence-corrected chi connectivity index (χ1v) is 9.91. The van der Waals surface area contributed by atoms with Crippen molar-refractivity contribution in [2.24, 2.45) is 10.9 Å². The van der Waals surface area contributed by atoms with Gasteiger partial charge in [-0.05, 0) is 49.3 Å². The lowest BCUT2D eigenvalue weighted by atomic mass is 10.0. The van der Waals surface area contributed by atoms with E-state index < -0.39 is 6.36 Å². The number of rotatable bonds is 10. The number of ether oxygens (including phenoxy) is 3. The van der Waals surface area contributed by atoms with Crippen LogP contribution in [0.1, 0.15) is 24.8 Å². The molecule has 172 valence electrons. The minimum atomic E-state index is -4.67. The molecule has 0 amide bonds. The number of alkyl halides is 3. The van der Waals surface area contributed by atoms with Crippen LogP contribution in [-0.2, 0) is 15.9 Å². The molecule has 0 aliphatic carbocycles. The third kappa shape index (κ3) is 11.8. The van der Waals surface area contributed by atoms with Gasteiger partial charge >= 0.3 is 6.36 Å². The van der Waals surface area contributed by atoms with Crippen molar-refractivity contribution in [3.8, 4) is 5.75 Å². The maximum atomic E-state index is 12.2. The van der Waals surface area contributed by atoms with E-state index in [1.165, 1.54) is 12.1 Å². The third-order valence-corrected chi connectivity index (χ3v) is 4.54. The Kier molecular flexibility index (Phi) is 13.1. The molecule has 1 aliphatic rings. The third-order valence-electron chi connectivity index (χ3n) is 4.54. The fraction of sp³-hybridized carbons (Fsp3) is 0.650. The van der Waals surface area contributed by atoms with Gasteiger partial charge in [0.15, 0.2) is 5.96 Å². The summed E-state index contributed by atoms with van der Waals surface area (Å²) in [7, 11) is 1.69. The fourth-order valence-electron chi connectivity index (χ4n) is 2.95. The monoisotopic (exact) mass is 545 g/mol. The van der Waals surface area contributed by atoms with Crippen molar-refractivity contribution in [1.82, 2.24) is 10.6 Å². The maximum absolute atomic E-state index is 12.2. The molecule has 1 aromatic rings. The van der Waals surface area contributed by atoms with Crippen LogP contribution in [0.25, 0.3) is 0 Å². The molecule has 0 spiro atoms. The summed E-state index contributed by atoms with van der Waals surface area (Å²) in [6.45, 7) is 4.53. The van der Waals surface area contributed by atoms with Gasteiger partial charge in [0.2, 0.25) is 0 Å². The predicted octanol–water partition coefficient (Wildman–Crippen LogP) is 3.74. The second kappa shape index (κ2) is 14.7. The van der Waals surface area contributed by atoms with E-state index in [0.29, 0.717) is 31.4 Å². The molecular formula is C20H31F3IN3O3. The van der Waals surface area contributed by atoms with Gasteiger partial charge in [0.25, 0.3) is 0 Å². The minimum absolute atomic E-state index is 0. The summed E-state index contributed by atoms with van der Waals surface area (Å²) in [5, 5.41) is 6.41. The molecule has 1 aromatic carbocycles. The number of hydrogen-bond donors (Lipinski definition) is 2. The summed E-state index contributed by atoms with van der Waals surface area (Å²) >= 11 is 0. The first-order chi connectivity index (χ1) is 14.0. The number of hydrogen-bond acceptors (Lipinski definition) is 4. The predicted molar refractivity (Wildman–Crippen MR) is 121 cm³/mol. The van der Waals surface area contributed by atoms with E-state index in [9.17, 15) is 13.2 Å². The average molecular weight is 545 g/mol. The van der Waals surface area contributed by atoms with Crippen LogP contribution in [-0.4, -0.2) is 58.9 Å². The van der Waals surface area contributed by atoms with E-state index in [-0.39, 0.29) is 29.7 Å². The fourth-order valence-corrected chi connectivity index (χ4v) is 2.95. The maximum Gasteiger partial charge on any atom is 0.573 e. The van der Waals surface area contributed by atoms with Gasteiger partial charge < -0.3 is 24.8 Å². The molecule has 30 heavy (non-hydrogen) atoms. The Morgan fingerprint density at radius 2 is 1.80 bits per heavy atom. The van der Waals surface area contributed by atoms with Gasteiger partial charge in [0.1, 0.15) is 5.75 Å². The van der Waals surface area contributed by atoms with E-state index in [0.717, 1.165) is 51.2 Å². The molecule has 0 atom stereocenters. The lowest BCUT2D eigenvalue weighted by Gasteiger charge is -2.21. The van der Waals surface area contributed by atoms with Crippen molar-refractivity contribution in [2.45, 2.75) is 32.0 Å². The second-order valence-corrected chi connectivity index (χ2v) is 6.85. The average Bonchev–Trinajstić information content (AvgIpc) is 2.70. The molecule has 0 bridgehead atoms. The molecule has 1 fully saturated rings. The van der Waals surface area contributed by atoms with E-state index >= 15 is 0 Å². The SMILES string of the molecule is CN=C(NCCCOCC1CCOCC1)NCCc1ccc(OC(F)(F)F)cc1.I. The van der Waals surface area contributed by atoms with Crippen LogP contribution >= 0.6 is 24.0 Å². The van der Waals surface area contributed by atoms with E-state index in [1.54, 1.807) is 19.2 Å². The van der Waals surface area contributed by atoms with Crippen LogP contribution in [0, 0.1) is 5.92 Å². The summed E-state index contributed by atoms with van der Waals surface area (Å²) in [6, 6.07) is 5.87. The minimum Gasteiger partial charge on any atom is -0.406 e. The first kappa shape index (κ1) is 26.8.